The molecule has 7 heteroatoms. The number of rotatable bonds is 7. The molecular weight excluding hydrogens is 288 g/mol. The Morgan fingerprint density at radius 2 is 1.91 bits per heavy atom. The lowest BCUT2D eigenvalue weighted by molar-refractivity contribution is -0.419. The third kappa shape index (κ3) is 5.34. The van der Waals surface area contributed by atoms with Crippen LogP contribution in [0.3, 0.4) is 0 Å². The predicted octanol–water partition coefficient (Wildman–Crippen LogP) is -1.03. The Labute approximate surface area is 129 Å². The molecule has 0 aromatic heterocycles. The van der Waals surface area contributed by atoms with Crippen LogP contribution in [0, 0.1) is 0 Å². The number of esters is 1. The van der Waals surface area contributed by atoms with Gasteiger partial charge in [-0.2, -0.15) is 0 Å². The third-order valence-corrected chi connectivity index (χ3v) is 3.18. The smallest absolute Gasteiger partial charge is 0.328 e. The highest BCUT2D eigenvalue weighted by molar-refractivity contribution is 5.87. The molecule has 0 radical (unpaired) electrons. The van der Waals surface area contributed by atoms with Crippen LogP contribution in [0.15, 0.2) is 24.3 Å². The molecule has 0 bridgehead atoms. The zero-order chi connectivity index (χ0) is 16.7. The number of aliphatic hydroxyl groups is 1. The first-order chi connectivity index (χ1) is 10.3. The van der Waals surface area contributed by atoms with E-state index in [1.807, 2.05) is 0 Å². The molecule has 0 saturated heterocycles. The summed E-state index contributed by atoms with van der Waals surface area (Å²) >= 11 is 0. The van der Waals surface area contributed by atoms with Gasteiger partial charge in [0.1, 0.15) is 17.9 Å². The van der Waals surface area contributed by atoms with Crippen molar-refractivity contribution in [3.63, 3.8) is 0 Å². The molecule has 0 aliphatic carbocycles. The maximum atomic E-state index is 12.0. The number of amides is 1. The van der Waals surface area contributed by atoms with Gasteiger partial charge in [0, 0.05) is 6.42 Å². The first-order valence-corrected chi connectivity index (χ1v) is 7.11. The molecule has 3 atom stereocenters. The Hall–Kier alpha value is -2.12. The number of benzene rings is 1. The van der Waals surface area contributed by atoms with E-state index in [1.165, 1.54) is 19.1 Å². The molecule has 0 heterocycles. The van der Waals surface area contributed by atoms with Gasteiger partial charge in [-0.15, -0.1) is 0 Å². The molecule has 0 aliphatic heterocycles. The normalized spacial score (nSPS) is 14.7. The van der Waals surface area contributed by atoms with Crippen molar-refractivity contribution in [2.45, 2.75) is 38.5 Å². The maximum Gasteiger partial charge on any atom is 0.328 e. The van der Waals surface area contributed by atoms with Gasteiger partial charge in [0.15, 0.2) is 6.04 Å². The summed E-state index contributed by atoms with van der Waals surface area (Å²) in [6, 6.07) is 4.56. The van der Waals surface area contributed by atoms with Gasteiger partial charge in [-0.3, -0.25) is 4.79 Å². The Morgan fingerprint density at radius 3 is 2.41 bits per heavy atom. The van der Waals surface area contributed by atoms with Gasteiger partial charge in [-0.1, -0.05) is 12.1 Å². The second-order valence-corrected chi connectivity index (χ2v) is 5.03. The minimum absolute atomic E-state index is 0.118. The van der Waals surface area contributed by atoms with Gasteiger partial charge in [0.25, 0.3) is 5.91 Å². The fourth-order valence-electron chi connectivity index (χ4n) is 1.80. The van der Waals surface area contributed by atoms with Gasteiger partial charge in [0.05, 0.1) is 6.61 Å². The van der Waals surface area contributed by atoms with E-state index in [0.29, 0.717) is 0 Å². The molecule has 1 aromatic rings. The summed E-state index contributed by atoms with van der Waals surface area (Å²) < 4.78 is 4.96. The maximum absolute atomic E-state index is 12.0. The number of hydrogen-bond donors (Lipinski definition) is 4. The summed E-state index contributed by atoms with van der Waals surface area (Å²) in [5, 5.41) is 21.2. The molecule has 0 spiro atoms. The standard InChI is InChI=1S/C15H22N2O5/c1-3-22-15(21)12(17-14(20)13(16)9(2)18)8-10-4-6-11(19)7-5-10/h4-7,9,12-13,18-19H,3,8,16H2,1-2H3,(H,17,20)/p+1/t9-,12-,13-/m1/s1. The number of hydrogen-bond acceptors (Lipinski definition) is 5. The SMILES string of the molecule is CCOC(=O)[C@@H](Cc1ccc(O)cc1)NC(=O)[C@H]([NH3+])[C@@H](C)O. The molecule has 122 valence electrons. The summed E-state index contributed by atoms with van der Waals surface area (Å²) in [6.45, 7) is 3.33. The number of phenols is 1. The van der Waals surface area contributed by atoms with Crippen LogP contribution in [0.5, 0.6) is 5.75 Å². The lowest BCUT2D eigenvalue weighted by Crippen LogP contribution is -2.72. The highest BCUT2D eigenvalue weighted by atomic mass is 16.5. The molecule has 1 aromatic carbocycles. The average Bonchev–Trinajstić information content (AvgIpc) is 2.47. The lowest BCUT2D eigenvalue weighted by atomic mass is 10.0. The zero-order valence-electron chi connectivity index (χ0n) is 12.8. The quantitative estimate of drug-likeness (QED) is 0.480. The van der Waals surface area contributed by atoms with Gasteiger partial charge in [-0.05, 0) is 31.5 Å². The number of quaternary nitrogens is 1. The van der Waals surface area contributed by atoms with Gasteiger partial charge in [0.2, 0.25) is 0 Å². The molecular formula is C15H23N2O5+. The monoisotopic (exact) mass is 311 g/mol. The van der Waals surface area contributed by atoms with E-state index >= 15 is 0 Å². The van der Waals surface area contributed by atoms with E-state index in [0.717, 1.165) is 5.56 Å². The first kappa shape index (κ1) is 17.9. The van der Waals surface area contributed by atoms with Crippen molar-refractivity contribution in [2.24, 2.45) is 0 Å². The Bertz CT molecular complexity index is 501. The summed E-state index contributed by atoms with van der Waals surface area (Å²) in [5.41, 5.74) is 4.33. The van der Waals surface area contributed by atoms with Crippen LogP contribution in [-0.2, 0) is 20.7 Å². The van der Waals surface area contributed by atoms with E-state index in [9.17, 15) is 19.8 Å². The Kier molecular flexibility index (Phi) is 6.81. The molecule has 1 rings (SSSR count). The molecule has 22 heavy (non-hydrogen) atoms. The number of ether oxygens (including phenoxy) is 1. The number of aromatic hydroxyl groups is 1. The average molecular weight is 311 g/mol. The second kappa shape index (κ2) is 8.35. The molecule has 6 N–H and O–H groups in total. The third-order valence-electron chi connectivity index (χ3n) is 3.18. The summed E-state index contributed by atoms with van der Waals surface area (Å²) in [4.78, 5) is 23.9. The van der Waals surface area contributed by atoms with Crippen LogP contribution in [0.2, 0.25) is 0 Å². The van der Waals surface area contributed by atoms with Gasteiger partial charge < -0.3 is 26.0 Å². The minimum Gasteiger partial charge on any atom is -0.508 e. The number of phenolic OH excluding ortho intramolecular Hbond substituents is 1. The Balaban J connectivity index is 2.82. The van der Waals surface area contributed by atoms with Crippen LogP contribution >= 0.6 is 0 Å². The topological polar surface area (TPSA) is 124 Å². The fourth-order valence-corrected chi connectivity index (χ4v) is 1.80. The van der Waals surface area contributed by atoms with Crippen molar-refractivity contribution >= 4 is 11.9 Å². The van der Waals surface area contributed by atoms with Crippen molar-refractivity contribution in [1.82, 2.24) is 5.32 Å². The van der Waals surface area contributed by atoms with Crippen LogP contribution in [0.4, 0.5) is 0 Å². The predicted molar refractivity (Wildman–Crippen MR) is 78.7 cm³/mol. The number of nitrogens with one attached hydrogen (secondary N) is 1. The highest BCUT2D eigenvalue weighted by Crippen LogP contribution is 2.12. The molecule has 7 nitrogen and oxygen atoms in total. The summed E-state index contributed by atoms with van der Waals surface area (Å²) in [7, 11) is 0. The van der Waals surface area contributed by atoms with Gasteiger partial charge >= 0.3 is 5.97 Å². The fraction of sp³-hybridized carbons (Fsp3) is 0.467. The largest absolute Gasteiger partial charge is 0.508 e. The van der Waals surface area contributed by atoms with Crippen molar-refractivity contribution in [3.05, 3.63) is 29.8 Å². The van der Waals surface area contributed by atoms with Crippen LogP contribution in [0.1, 0.15) is 19.4 Å². The van der Waals surface area contributed by atoms with E-state index in [1.54, 1.807) is 19.1 Å². The number of carbonyl (C=O) groups excluding carboxylic acids is 2. The molecule has 0 fully saturated rings. The van der Waals surface area contributed by atoms with Crippen LogP contribution in [-0.4, -0.2) is 46.9 Å². The van der Waals surface area contributed by atoms with E-state index in [-0.39, 0.29) is 18.8 Å². The zero-order valence-corrected chi connectivity index (χ0v) is 12.8. The minimum atomic E-state index is -0.920. The highest BCUT2D eigenvalue weighted by Gasteiger charge is 2.29. The Morgan fingerprint density at radius 1 is 1.32 bits per heavy atom. The van der Waals surface area contributed by atoms with Crippen molar-refractivity contribution < 1.29 is 30.3 Å². The van der Waals surface area contributed by atoms with Crippen molar-refractivity contribution in [1.29, 1.82) is 0 Å². The van der Waals surface area contributed by atoms with E-state index in [2.05, 4.69) is 11.1 Å². The van der Waals surface area contributed by atoms with Crippen molar-refractivity contribution in [2.75, 3.05) is 6.61 Å². The second-order valence-electron chi connectivity index (χ2n) is 5.03. The first-order valence-electron chi connectivity index (χ1n) is 7.11. The number of carbonyl (C=O) groups is 2. The summed E-state index contributed by atoms with van der Waals surface area (Å²) in [5.74, 6) is -0.957. The van der Waals surface area contributed by atoms with E-state index in [4.69, 9.17) is 4.74 Å². The molecule has 0 aliphatic rings. The molecule has 1 amide bonds. The summed E-state index contributed by atoms with van der Waals surface area (Å²) in [6.07, 6.45) is -0.700. The molecule has 0 saturated carbocycles. The van der Waals surface area contributed by atoms with Crippen LogP contribution in [0.25, 0.3) is 0 Å². The van der Waals surface area contributed by atoms with Crippen molar-refractivity contribution in [3.8, 4) is 5.75 Å². The van der Waals surface area contributed by atoms with Gasteiger partial charge in [-0.25, -0.2) is 4.79 Å². The lowest BCUT2D eigenvalue weighted by Gasteiger charge is -2.19. The van der Waals surface area contributed by atoms with E-state index < -0.39 is 30.1 Å². The molecule has 0 unspecified atom stereocenters. The van der Waals surface area contributed by atoms with Crippen LogP contribution < -0.4 is 11.1 Å². The number of aliphatic hydroxyl groups excluding tert-OH is 1.